The average molecular weight is 195 g/mol. The van der Waals surface area contributed by atoms with Crippen LogP contribution in [0, 0.1) is 13.8 Å². The van der Waals surface area contributed by atoms with E-state index in [0.29, 0.717) is 5.56 Å². The molecule has 0 aliphatic carbocycles. The molecule has 2 N–H and O–H groups in total. The molecule has 0 atom stereocenters. The molecular formula is C10H17N3O. The number of Topliss-reactive ketones (excluding diaryl/α,β-unsaturated/α-hetero) is 1. The molecule has 4 heteroatoms. The molecule has 0 aliphatic heterocycles. The van der Waals surface area contributed by atoms with Crippen molar-refractivity contribution in [2.24, 2.45) is 5.73 Å². The van der Waals surface area contributed by atoms with Gasteiger partial charge in [0.1, 0.15) is 0 Å². The molecule has 0 spiro atoms. The summed E-state index contributed by atoms with van der Waals surface area (Å²) in [6.45, 7) is 7.87. The lowest BCUT2D eigenvalue weighted by molar-refractivity contribution is 0.1000. The van der Waals surface area contributed by atoms with E-state index < -0.39 is 0 Å². The van der Waals surface area contributed by atoms with Crippen molar-refractivity contribution in [2.45, 2.75) is 33.7 Å². The zero-order valence-electron chi connectivity index (χ0n) is 9.16. The topological polar surface area (TPSA) is 60.9 Å². The highest BCUT2D eigenvalue weighted by atomic mass is 16.1. The summed E-state index contributed by atoms with van der Waals surface area (Å²) < 4.78 is 1.86. The van der Waals surface area contributed by atoms with E-state index in [9.17, 15) is 4.79 Å². The Morgan fingerprint density at radius 2 is 2.07 bits per heavy atom. The first kappa shape index (κ1) is 10.9. The molecule has 0 amide bonds. The van der Waals surface area contributed by atoms with E-state index in [4.69, 9.17) is 5.73 Å². The highest BCUT2D eigenvalue weighted by Gasteiger charge is 2.18. The largest absolute Gasteiger partial charge is 0.324 e. The third kappa shape index (κ3) is 1.70. The zero-order valence-corrected chi connectivity index (χ0v) is 9.16. The van der Waals surface area contributed by atoms with Gasteiger partial charge in [0.15, 0.2) is 5.78 Å². The summed E-state index contributed by atoms with van der Waals surface area (Å²) in [6.07, 6.45) is 0. The van der Waals surface area contributed by atoms with Crippen LogP contribution < -0.4 is 5.73 Å². The van der Waals surface area contributed by atoms with Crippen LogP contribution >= 0.6 is 0 Å². The minimum atomic E-state index is -0.0353. The molecule has 0 saturated heterocycles. The third-order valence-corrected chi connectivity index (χ3v) is 2.28. The monoisotopic (exact) mass is 195 g/mol. The molecule has 1 aromatic heterocycles. The number of carbonyl (C=O) groups excluding carboxylic acids is 1. The molecule has 78 valence electrons. The van der Waals surface area contributed by atoms with Gasteiger partial charge in [-0.1, -0.05) is 0 Å². The van der Waals surface area contributed by atoms with Crippen molar-refractivity contribution in [2.75, 3.05) is 6.54 Å². The first-order valence-electron chi connectivity index (χ1n) is 4.78. The first-order valence-corrected chi connectivity index (χ1v) is 4.78. The second kappa shape index (κ2) is 3.92. The number of ketones is 1. The van der Waals surface area contributed by atoms with Crippen molar-refractivity contribution in [3.8, 4) is 0 Å². The molecule has 0 fully saturated rings. The highest BCUT2D eigenvalue weighted by molar-refractivity contribution is 5.99. The van der Waals surface area contributed by atoms with Crippen molar-refractivity contribution in [3.63, 3.8) is 0 Å². The van der Waals surface area contributed by atoms with E-state index >= 15 is 0 Å². The normalized spacial score (nSPS) is 11.0. The van der Waals surface area contributed by atoms with Gasteiger partial charge in [0.2, 0.25) is 0 Å². The van der Waals surface area contributed by atoms with Gasteiger partial charge in [-0.25, -0.2) is 0 Å². The van der Waals surface area contributed by atoms with Gasteiger partial charge in [-0.3, -0.25) is 9.48 Å². The van der Waals surface area contributed by atoms with Gasteiger partial charge in [-0.15, -0.1) is 0 Å². The summed E-state index contributed by atoms with van der Waals surface area (Å²) in [5.74, 6) is -0.0353. The van der Waals surface area contributed by atoms with Gasteiger partial charge in [0.25, 0.3) is 0 Å². The fourth-order valence-electron chi connectivity index (χ4n) is 1.67. The molecule has 1 aromatic rings. The SMILES string of the molecule is Cc1nn(C(C)C)c(C)c1C(=O)CN. The second-order valence-corrected chi connectivity index (χ2v) is 3.71. The minimum absolute atomic E-state index is 0.0353. The van der Waals surface area contributed by atoms with Crippen LogP contribution in [-0.4, -0.2) is 22.1 Å². The number of hydrogen-bond acceptors (Lipinski definition) is 3. The molecule has 0 aliphatic rings. The number of rotatable bonds is 3. The Morgan fingerprint density at radius 1 is 1.50 bits per heavy atom. The zero-order chi connectivity index (χ0) is 10.9. The molecule has 14 heavy (non-hydrogen) atoms. The molecule has 1 rings (SSSR count). The van der Waals surface area contributed by atoms with Gasteiger partial charge in [0, 0.05) is 11.7 Å². The van der Waals surface area contributed by atoms with Crippen molar-refractivity contribution in [3.05, 3.63) is 17.0 Å². The van der Waals surface area contributed by atoms with Crippen LogP contribution in [0.5, 0.6) is 0 Å². The van der Waals surface area contributed by atoms with Crippen LogP contribution in [0.3, 0.4) is 0 Å². The van der Waals surface area contributed by atoms with E-state index in [2.05, 4.69) is 5.10 Å². The Hall–Kier alpha value is -1.16. The highest BCUT2D eigenvalue weighted by Crippen LogP contribution is 2.17. The van der Waals surface area contributed by atoms with Crippen LogP contribution in [-0.2, 0) is 0 Å². The lowest BCUT2D eigenvalue weighted by atomic mass is 10.1. The molecule has 0 unspecified atom stereocenters. The van der Waals surface area contributed by atoms with E-state index in [-0.39, 0.29) is 18.4 Å². The molecule has 0 bridgehead atoms. The Kier molecular flexibility index (Phi) is 3.06. The Morgan fingerprint density at radius 3 is 2.43 bits per heavy atom. The molecule has 0 radical (unpaired) electrons. The van der Waals surface area contributed by atoms with E-state index in [0.717, 1.165) is 11.4 Å². The maximum Gasteiger partial charge on any atom is 0.180 e. The summed E-state index contributed by atoms with van der Waals surface area (Å²) in [5, 5.41) is 4.32. The maximum atomic E-state index is 11.5. The smallest absolute Gasteiger partial charge is 0.180 e. The lowest BCUT2D eigenvalue weighted by Crippen LogP contribution is -2.15. The van der Waals surface area contributed by atoms with Gasteiger partial charge in [-0.2, -0.15) is 5.10 Å². The molecular weight excluding hydrogens is 178 g/mol. The number of nitrogens with two attached hydrogens (primary N) is 1. The Bertz CT molecular complexity index is 352. The maximum absolute atomic E-state index is 11.5. The summed E-state index contributed by atoms with van der Waals surface area (Å²) in [4.78, 5) is 11.5. The van der Waals surface area contributed by atoms with Crippen LogP contribution in [0.2, 0.25) is 0 Å². The fourth-order valence-corrected chi connectivity index (χ4v) is 1.67. The second-order valence-electron chi connectivity index (χ2n) is 3.71. The number of aryl methyl sites for hydroxylation is 1. The van der Waals surface area contributed by atoms with Crippen LogP contribution in [0.25, 0.3) is 0 Å². The lowest BCUT2D eigenvalue weighted by Gasteiger charge is -2.07. The number of hydrogen-bond donors (Lipinski definition) is 1. The Labute approximate surface area is 84.1 Å². The van der Waals surface area contributed by atoms with Crippen LogP contribution in [0.15, 0.2) is 0 Å². The van der Waals surface area contributed by atoms with Crippen molar-refractivity contribution < 1.29 is 4.79 Å². The summed E-state index contributed by atoms with van der Waals surface area (Å²) in [5.41, 5.74) is 7.70. The van der Waals surface area contributed by atoms with Gasteiger partial charge in [-0.05, 0) is 27.7 Å². The van der Waals surface area contributed by atoms with Crippen molar-refractivity contribution in [1.29, 1.82) is 0 Å². The van der Waals surface area contributed by atoms with Crippen molar-refractivity contribution in [1.82, 2.24) is 9.78 Å². The summed E-state index contributed by atoms with van der Waals surface area (Å²) >= 11 is 0. The number of nitrogens with zero attached hydrogens (tertiary/aromatic N) is 2. The fraction of sp³-hybridized carbons (Fsp3) is 0.600. The predicted octanol–water partition coefficient (Wildman–Crippen LogP) is 1.22. The predicted molar refractivity (Wildman–Crippen MR) is 55.5 cm³/mol. The summed E-state index contributed by atoms with van der Waals surface area (Å²) in [7, 11) is 0. The molecule has 4 nitrogen and oxygen atoms in total. The minimum Gasteiger partial charge on any atom is -0.324 e. The van der Waals surface area contributed by atoms with E-state index in [1.165, 1.54) is 0 Å². The molecule has 0 saturated carbocycles. The third-order valence-electron chi connectivity index (χ3n) is 2.28. The van der Waals surface area contributed by atoms with E-state index in [1.54, 1.807) is 0 Å². The standard InChI is InChI=1S/C10H17N3O/c1-6(2)13-8(4)10(7(3)12-13)9(14)5-11/h6H,5,11H2,1-4H3. The molecule has 1 heterocycles. The van der Waals surface area contributed by atoms with Gasteiger partial charge in [0.05, 0.1) is 17.8 Å². The summed E-state index contributed by atoms with van der Waals surface area (Å²) in [6, 6.07) is 0.271. The van der Waals surface area contributed by atoms with Crippen molar-refractivity contribution >= 4 is 5.78 Å². The average Bonchev–Trinajstić information content (AvgIpc) is 2.41. The van der Waals surface area contributed by atoms with Crippen LogP contribution in [0.1, 0.15) is 41.6 Å². The quantitative estimate of drug-likeness (QED) is 0.738. The van der Waals surface area contributed by atoms with Gasteiger partial charge >= 0.3 is 0 Å². The molecule has 0 aromatic carbocycles. The first-order chi connectivity index (χ1) is 6.49. The van der Waals surface area contributed by atoms with Crippen LogP contribution in [0.4, 0.5) is 0 Å². The van der Waals surface area contributed by atoms with Gasteiger partial charge < -0.3 is 5.73 Å². The number of aromatic nitrogens is 2. The number of carbonyl (C=O) groups is 1. The van der Waals surface area contributed by atoms with E-state index in [1.807, 2.05) is 32.4 Å². The Balaban J connectivity index is 3.24.